The molecule has 124 valence electrons. The molecule has 1 aliphatic rings. The molecule has 3 rings (SSSR count). The van der Waals surface area contributed by atoms with Gasteiger partial charge >= 0.3 is 0 Å². The Morgan fingerprint density at radius 1 is 1.30 bits per heavy atom. The van der Waals surface area contributed by atoms with Crippen LogP contribution in [0.5, 0.6) is 5.75 Å². The second kappa shape index (κ2) is 7.64. The normalized spacial score (nSPS) is 19.0. The van der Waals surface area contributed by atoms with Crippen LogP contribution in [0.1, 0.15) is 31.0 Å². The van der Waals surface area contributed by atoms with Crippen molar-refractivity contribution in [3.8, 4) is 5.75 Å². The minimum absolute atomic E-state index is 0.612. The number of hydrogen-bond acceptors (Lipinski definition) is 3. The number of nitrogens with zero attached hydrogens (tertiary/aromatic N) is 3. The summed E-state index contributed by atoms with van der Waals surface area (Å²) in [6.07, 6.45) is 6.44. The van der Waals surface area contributed by atoms with Gasteiger partial charge in [0.25, 0.3) is 0 Å². The maximum atomic E-state index is 6.06. The second-order valence-corrected chi connectivity index (χ2v) is 6.49. The molecule has 1 atom stereocenters. The summed E-state index contributed by atoms with van der Waals surface area (Å²) in [5.41, 5.74) is 2.53. The van der Waals surface area contributed by atoms with Crippen molar-refractivity contribution in [1.82, 2.24) is 14.5 Å². The molecule has 1 aliphatic heterocycles. The molecule has 1 fully saturated rings. The fourth-order valence-corrected chi connectivity index (χ4v) is 3.35. The first-order valence-corrected chi connectivity index (χ1v) is 8.66. The lowest BCUT2D eigenvalue weighted by Gasteiger charge is -2.32. The number of para-hydroxylation sites is 1. The van der Waals surface area contributed by atoms with E-state index in [9.17, 15) is 0 Å². The van der Waals surface area contributed by atoms with Crippen molar-refractivity contribution in [1.29, 1.82) is 0 Å². The van der Waals surface area contributed by atoms with E-state index in [0.29, 0.717) is 5.92 Å². The van der Waals surface area contributed by atoms with Gasteiger partial charge in [-0.3, -0.25) is 4.90 Å². The summed E-state index contributed by atoms with van der Waals surface area (Å²) in [6.45, 7) is 9.36. The van der Waals surface area contributed by atoms with Gasteiger partial charge < -0.3 is 9.30 Å². The number of imidazole rings is 1. The van der Waals surface area contributed by atoms with Gasteiger partial charge in [0.2, 0.25) is 0 Å². The van der Waals surface area contributed by atoms with Gasteiger partial charge in [0.15, 0.2) is 0 Å². The summed E-state index contributed by atoms with van der Waals surface area (Å²) in [4.78, 5) is 6.82. The van der Waals surface area contributed by atoms with Crippen LogP contribution < -0.4 is 4.74 Å². The molecule has 4 nitrogen and oxygen atoms in total. The fraction of sp³-hybridized carbons (Fsp3) is 0.526. The Balaban J connectivity index is 1.53. The van der Waals surface area contributed by atoms with E-state index < -0.39 is 0 Å². The van der Waals surface area contributed by atoms with Gasteiger partial charge in [-0.15, -0.1) is 0 Å². The number of aryl methyl sites for hydroxylation is 2. The summed E-state index contributed by atoms with van der Waals surface area (Å²) >= 11 is 0. The number of hydrogen-bond donors (Lipinski definition) is 0. The molecule has 23 heavy (non-hydrogen) atoms. The van der Waals surface area contributed by atoms with Crippen LogP contribution in [0, 0.1) is 12.8 Å². The van der Waals surface area contributed by atoms with Gasteiger partial charge in [-0.2, -0.15) is 0 Å². The van der Waals surface area contributed by atoms with Crippen molar-refractivity contribution < 1.29 is 4.74 Å². The van der Waals surface area contributed by atoms with Crippen LogP contribution in [0.25, 0.3) is 0 Å². The Labute approximate surface area is 139 Å². The number of piperidine rings is 1. The summed E-state index contributed by atoms with van der Waals surface area (Å²) in [7, 11) is 0. The van der Waals surface area contributed by atoms with Crippen LogP contribution >= 0.6 is 0 Å². The van der Waals surface area contributed by atoms with E-state index in [1.54, 1.807) is 0 Å². The number of likely N-dealkylation sites (tertiary alicyclic amines) is 1. The molecule has 0 spiro atoms. The van der Waals surface area contributed by atoms with E-state index in [1.807, 2.05) is 18.6 Å². The monoisotopic (exact) mass is 313 g/mol. The zero-order valence-corrected chi connectivity index (χ0v) is 14.2. The molecule has 0 radical (unpaired) electrons. The molecule has 1 saturated heterocycles. The Morgan fingerprint density at radius 3 is 3.00 bits per heavy atom. The number of ether oxygens (including phenoxy) is 1. The average Bonchev–Trinajstić information content (AvgIpc) is 3.02. The predicted molar refractivity (Wildman–Crippen MR) is 92.6 cm³/mol. The lowest BCUT2D eigenvalue weighted by atomic mass is 9.99. The first-order valence-electron chi connectivity index (χ1n) is 8.66. The topological polar surface area (TPSA) is 30.3 Å². The molecule has 0 amide bonds. The molecule has 0 unspecified atom stereocenters. The molecule has 0 N–H and O–H groups in total. The maximum Gasteiger partial charge on any atom is 0.122 e. The second-order valence-electron chi connectivity index (χ2n) is 6.49. The summed E-state index contributed by atoms with van der Waals surface area (Å²) in [5, 5.41) is 0. The largest absolute Gasteiger partial charge is 0.493 e. The number of aromatic nitrogens is 2. The lowest BCUT2D eigenvalue weighted by molar-refractivity contribution is 0.123. The van der Waals surface area contributed by atoms with E-state index >= 15 is 0 Å². The highest BCUT2D eigenvalue weighted by Gasteiger charge is 2.21. The Bertz CT molecular complexity index is 623. The van der Waals surface area contributed by atoms with Crippen LogP contribution in [-0.2, 0) is 13.1 Å². The minimum Gasteiger partial charge on any atom is -0.493 e. The third-order valence-corrected chi connectivity index (χ3v) is 4.70. The van der Waals surface area contributed by atoms with Crippen LogP contribution in [0.2, 0.25) is 0 Å². The Hall–Kier alpha value is -1.81. The van der Waals surface area contributed by atoms with Crippen molar-refractivity contribution in [3.63, 3.8) is 0 Å². The quantitative estimate of drug-likeness (QED) is 0.817. The molecule has 2 aromatic rings. The molecule has 0 saturated carbocycles. The smallest absolute Gasteiger partial charge is 0.122 e. The third kappa shape index (κ3) is 4.14. The first kappa shape index (κ1) is 16.1. The first-order chi connectivity index (χ1) is 11.3. The SMILES string of the molecule is CCn1cncc1CN1CCC[C@H](COc2ccccc2C)C1. The van der Waals surface area contributed by atoms with Crippen molar-refractivity contribution in [2.75, 3.05) is 19.7 Å². The number of rotatable bonds is 6. The van der Waals surface area contributed by atoms with Crippen molar-refractivity contribution in [3.05, 3.63) is 48.0 Å². The lowest BCUT2D eigenvalue weighted by Crippen LogP contribution is -2.37. The van der Waals surface area contributed by atoms with Crippen molar-refractivity contribution in [2.45, 2.75) is 39.8 Å². The highest BCUT2D eigenvalue weighted by molar-refractivity contribution is 5.31. The zero-order chi connectivity index (χ0) is 16.1. The molecule has 1 aromatic heterocycles. The Kier molecular flexibility index (Phi) is 5.34. The van der Waals surface area contributed by atoms with Crippen molar-refractivity contribution >= 4 is 0 Å². The predicted octanol–water partition coefficient (Wildman–Crippen LogP) is 3.50. The third-order valence-electron chi connectivity index (χ3n) is 4.70. The van der Waals surface area contributed by atoms with Crippen molar-refractivity contribution in [2.24, 2.45) is 5.92 Å². The molecule has 1 aromatic carbocycles. The van der Waals surface area contributed by atoms with Gasteiger partial charge in [0.05, 0.1) is 18.6 Å². The van der Waals surface area contributed by atoms with E-state index in [-0.39, 0.29) is 0 Å². The van der Waals surface area contributed by atoms with Gasteiger partial charge in [-0.1, -0.05) is 18.2 Å². The van der Waals surface area contributed by atoms with Gasteiger partial charge in [-0.25, -0.2) is 4.98 Å². The standard InChI is InChI=1S/C19H27N3O/c1-3-22-15-20-11-18(22)13-21-10-6-8-17(12-21)14-23-19-9-5-4-7-16(19)2/h4-5,7,9,11,15,17H,3,6,8,10,12-14H2,1-2H3/t17-/m0/s1. The molecule has 0 aliphatic carbocycles. The van der Waals surface area contributed by atoms with Crippen LogP contribution in [0.4, 0.5) is 0 Å². The number of benzene rings is 1. The van der Waals surface area contributed by atoms with Gasteiger partial charge in [0, 0.05) is 31.7 Å². The molecular formula is C19H27N3O. The van der Waals surface area contributed by atoms with E-state index in [0.717, 1.165) is 32.0 Å². The average molecular weight is 313 g/mol. The molecule has 4 heteroatoms. The molecule has 2 heterocycles. The molecule has 0 bridgehead atoms. The van der Waals surface area contributed by atoms with Crippen LogP contribution in [0.3, 0.4) is 0 Å². The Morgan fingerprint density at radius 2 is 2.17 bits per heavy atom. The molecular weight excluding hydrogens is 286 g/mol. The minimum atomic E-state index is 0.612. The van der Waals surface area contributed by atoms with E-state index in [1.165, 1.54) is 30.6 Å². The zero-order valence-electron chi connectivity index (χ0n) is 14.2. The summed E-state index contributed by atoms with van der Waals surface area (Å²) in [6, 6.07) is 8.27. The summed E-state index contributed by atoms with van der Waals surface area (Å²) < 4.78 is 8.29. The van der Waals surface area contributed by atoms with Crippen LogP contribution in [-0.4, -0.2) is 34.1 Å². The fourth-order valence-electron chi connectivity index (χ4n) is 3.35. The summed E-state index contributed by atoms with van der Waals surface area (Å²) in [5.74, 6) is 1.63. The van der Waals surface area contributed by atoms with Gasteiger partial charge in [-0.05, 0) is 44.9 Å². The van der Waals surface area contributed by atoms with E-state index in [4.69, 9.17) is 4.74 Å². The highest BCUT2D eigenvalue weighted by Crippen LogP contribution is 2.22. The van der Waals surface area contributed by atoms with E-state index in [2.05, 4.69) is 46.5 Å². The van der Waals surface area contributed by atoms with Crippen LogP contribution in [0.15, 0.2) is 36.8 Å². The van der Waals surface area contributed by atoms with Gasteiger partial charge in [0.1, 0.15) is 5.75 Å². The highest BCUT2D eigenvalue weighted by atomic mass is 16.5. The maximum absolute atomic E-state index is 6.06.